The van der Waals surface area contributed by atoms with Crippen LogP contribution in [0.3, 0.4) is 0 Å². The Balaban J connectivity index is 2.08. The van der Waals surface area contributed by atoms with Crippen molar-refractivity contribution in [3.63, 3.8) is 0 Å². The molecule has 0 unspecified atom stereocenters. The summed E-state index contributed by atoms with van der Waals surface area (Å²) in [4.78, 5) is 3.84. The summed E-state index contributed by atoms with van der Waals surface area (Å²) < 4.78 is 26.4. The minimum atomic E-state index is -3.51. The van der Waals surface area contributed by atoms with E-state index in [4.69, 9.17) is 5.11 Å². The van der Waals surface area contributed by atoms with Crippen LogP contribution in [0.2, 0.25) is 0 Å². The van der Waals surface area contributed by atoms with Gasteiger partial charge in [-0.2, -0.15) is 0 Å². The summed E-state index contributed by atoms with van der Waals surface area (Å²) in [6, 6.07) is 3.01. The molecule has 2 rings (SSSR count). The van der Waals surface area contributed by atoms with Gasteiger partial charge in [-0.25, -0.2) is 18.1 Å². The predicted octanol–water partition coefficient (Wildman–Crippen LogP) is 0.651. The Morgan fingerprint density at radius 2 is 2.18 bits per heavy atom. The summed E-state index contributed by atoms with van der Waals surface area (Å²) in [6.45, 7) is 1.96. The Hall–Kier alpha value is -0.980. The van der Waals surface area contributed by atoms with E-state index in [0.717, 1.165) is 12.8 Å². The molecule has 0 amide bonds. The Bertz CT molecular complexity index is 478. The first-order valence-electron chi connectivity index (χ1n) is 5.59. The summed E-state index contributed by atoms with van der Waals surface area (Å²) in [6.07, 6.45) is 3.14. The van der Waals surface area contributed by atoms with Crippen LogP contribution in [-0.2, 0) is 16.6 Å². The van der Waals surface area contributed by atoms with E-state index in [9.17, 15) is 8.42 Å². The molecule has 0 aliphatic heterocycles. The molecule has 0 aromatic carbocycles. The van der Waals surface area contributed by atoms with Gasteiger partial charge in [0.05, 0.1) is 6.61 Å². The van der Waals surface area contributed by atoms with E-state index in [-0.39, 0.29) is 17.7 Å². The van der Waals surface area contributed by atoms with Crippen LogP contribution < -0.4 is 4.72 Å². The van der Waals surface area contributed by atoms with E-state index in [1.165, 1.54) is 12.3 Å². The highest BCUT2D eigenvalue weighted by Gasteiger charge is 2.30. The van der Waals surface area contributed by atoms with Crippen LogP contribution >= 0.6 is 0 Å². The standard InChI is InChI=1S/C11H16N2O3S/c1-8-4-10(5-8)13-17(15,16)11-3-2-9(7-14)6-12-11/h2-3,6,8,10,13-14H,4-5,7H2,1H3. The number of pyridine rings is 1. The van der Waals surface area contributed by atoms with Gasteiger partial charge in [0.2, 0.25) is 0 Å². The van der Waals surface area contributed by atoms with Gasteiger partial charge in [-0.3, -0.25) is 0 Å². The van der Waals surface area contributed by atoms with Crippen LogP contribution in [-0.4, -0.2) is 24.6 Å². The molecule has 1 saturated carbocycles. The zero-order chi connectivity index (χ0) is 12.5. The lowest BCUT2D eigenvalue weighted by molar-refractivity contribution is 0.270. The Labute approximate surface area is 101 Å². The molecular formula is C11H16N2O3S. The molecule has 0 bridgehead atoms. The molecule has 1 aromatic rings. The molecule has 1 heterocycles. The molecule has 0 spiro atoms. The number of aromatic nitrogens is 1. The van der Waals surface area contributed by atoms with Crippen LogP contribution in [0.15, 0.2) is 23.4 Å². The van der Waals surface area contributed by atoms with Crippen molar-refractivity contribution >= 4 is 10.0 Å². The molecule has 5 nitrogen and oxygen atoms in total. The van der Waals surface area contributed by atoms with E-state index >= 15 is 0 Å². The molecular weight excluding hydrogens is 240 g/mol. The fraction of sp³-hybridized carbons (Fsp3) is 0.545. The zero-order valence-electron chi connectivity index (χ0n) is 9.63. The minimum Gasteiger partial charge on any atom is -0.392 e. The van der Waals surface area contributed by atoms with Crippen molar-refractivity contribution in [1.82, 2.24) is 9.71 Å². The average molecular weight is 256 g/mol. The van der Waals surface area contributed by atoms with E-state index < -0.39 is 10.0 Å². The molecule has 1 fully saturated rings. The number of hydrogen-bond donors (Lipinski definition) is 2. The van der Waals surface area contributed by atoms with Crippen LogP contribution in [0.25, 0.3) is 0 Å². The van der Waals surface area contributed by atoms with E-state index in [1.54, 1.807) is 6.07 Å². The fourth-order valence-electron chi connectivity index (χ4n) is 1.94. The van der Waals surface area contributed by atoms with Crippen molar-refractivity contribution in [1.29, 1.82) is 0 Å². The molecule has 0 saturated heterocycles. The fourth-order valence-corrected chi connectivity index (χ4v) is 3.13. The van der Waals surface area contributed by atoms with Crippen molar-refractivity contribution in [3.05, 3.63) is 23.9 Å². The van der Waals surface area contributed by atoms with Crippen LogP contribution in [0.1, 0.15) is 25.3 Å². The largest absolute Gasteiger partial charge is 0.392 e. The maximum atomic E-state index is 11.9. The van der Waals surface area contributed by atoms with Crippen molar-refractivity contribution < 1.29 is 13.5 Å². The number of nitrogens with zero attached hydrogens (tertiary/aromatic N) is 1. The summed E-state index contributed by atoms with van der Waals surface area (Å²) in [5.74, 6) is 0.590. The highest BCUT2D eigenvalue weighted by molar-refractivity contribution is 7.89. The van der Waals surface area contributed by atoms with E-state index in [2.05, 4.69) is 16.6 Å². The maximum absolute atomic E-state index is 11.9. The van der Waals surface area contributed by atoms with Crippen LogP contribution in [0.5, 0.6) is 0 Å². The highest BCUT2D eigenvalue weighted by atomic mass is 32.2. The van der Waals surface area contributed by atoms with Crippen molar-refractivity contribution in [2.75, 3.05) is 0 Å². The van der Waals surface area contributed by atoms with E-state index in [0.29, 0.717) is 11.5 Å². The van der Waals surface area contributed by atoms with Gasteiger partial charge in [0.1, 0.15) is 0 Å². The smallest absolute Gasteiger partial charge is 0.258 e. The van der Waals surface area contributed by atoms with E-state index in [1.807, 2.05) is 0 Å². The molecule has 17 heavy (non-hydrogen) atoms. The van der Waals surface area contributed by atoms with Gasteiger partial charge in [-0.1, -0.05) is 13.0 Å². The number of rotatable bonds is 4. The Morgan fingerprint density at radius 1 is 1.47 bits per heavy atom. The van der Waals surface area contributed by atoms with Crippen molar-refractivity contribution in [3.8, 4) is 0 Å². The van der Waals surface area contributed by atoms with Gasteiger partial charge >= 0.3 is 0 Å². The molecule has 1 aromatic heterocycles. The monoisotopic (exact) mass is 256 g/mol. The number of hydrogen-bond acceptors (Lipinski definition) is 4. The van der Waals surface area contributed by atoms with Gasteiger partial charge in [0.15, 0.2) is 5.03 Å². The average Bonchev–Trinajstić information content (AvgIpc) is 2.27. The summed E-state index contributed by atoms with van der Waals surface area (Å²) >= 11 is 0. The Kier molecular flexibility index (Phi) is 3.46. The Morgan fingerprint density at radius 3 is 2.65 bits per heavy atom. The number of sulfonamides is 1. The second-order valence-corrected chi connectivity index (χ2v) is 6.22. The number of aliphatic hydroxyl groups is 1. The topological polar surface area (TPSA) is 79.3 Å². The summed E-state index contributed by atoms with van der Waals surface area (Å²) in [7, 11) is -3.51. The third-order valence-electron chi connectivity index (χ3n) is 2.95. The summed E-state index contributed by atoms with van der Waals surface area (Å²) in [5.41, 5.74) is 0.598. The zero-order valence-corrected chi connectivity index (χ0v) is 10.4. The van der Waals surface area contributed by atoms with Gasteiger partial charge < -0.3 is 5.11 Å². The number of aliphatic hydroxyl groups excluding tert-OH is 1. The molecule has 94 valence electrons. The van der Waals surface area contributed by atoms with Crippen LogP contribution in [0, 0.1) is 5.92 Å². The van der Waals surface area contributed by atoms with Crippen molar-refractivity contribution in [2.45, 2.75) is 37.4 Å². The molecule has 0 radical (unpaired) electrons. The predicted molar refractivity (Wildman–Crippen MR) is 62.7 cm³/mol. The minimum absolute atomic E-state index is 0.00857. The van der Waals surface area contributed by atoms with Crippen molar-refractivity contribution in [2.24, 2.45) is 5.92 Å². The first-order valence-corrected chi connectivity index (χ1v) is 7.07. The molecule has 0 atom stereocenters. The quantitative estimate of drug-likeness (QED) is 0.829. The molecule has 6 heteroatoms. The molecule has 1 aliphatic rings. The van der Waals surface area contributed by atoms with Gasteiger partial charge in [-0.15, -0.1) is 0 Å². The highest BCUT2D eigenvalue weighted by Crippen LogP contribution is 2.27. The second-order valence-electron chi connectivity index (χ2n) is 4.56. The number of nitrogens with one attached hydrogen (secondary N) is 1. The lowest BCUT2D eigenvalue weighted by atomic mass is 9.83. The molecule has 1 aliphatic carbocycles. The first kappa shape index (κ1) is 12.5. The third kappa shape index (κ3) is 2.83. The maximum Gasteiger partial charge on any atom is 0.258 e. The van der Waals surface area contributed by atoms with Crippen LogP contribution in [0.4, 0.5) is 0 Å². The lowest BCUT2D eigenvalue weighted by Crippen LogP contribution is -2.43. The van der Waals surface area contributed by atoms with Gasteiger partial charge in [0, 0.05) is 12.2 Å². The van der Waals surface area contributed by atoms with Gasteiger partial charge in [0.25, 0.3) is 10.0 Å². The third-order valence-corrected chi connectivity index (χ3v) is 4.39. The SMILES string of the molecule is CC1CC(NS(=O)(=O)c2ccc(CO)cn2)C1. The second kappa shape index (κ2) is 4.72. The van der Waals surface area contributed by atoms with Gasteiger partial charge in [-0.05, 0) is 30.4 Å². The molecule has 2 N–H and O–H groups in total. The summed E-state index contributed by atoms with van der Waals surface area (Å²) in [5, 5.41) is 8.86. The first-order chi connectivity index (χ1) is 8.01. The lowest BCUT2D eigenvalue weighted by Gasteiger charge is -2.32. The normalized spacial score (nSPS) is 24.4.